The van der Waals surface area contributed by atoms with Gasteiger partial charge in [-0.2, -0.15) is 0 Å². The smallest absolute Gasteiger partial charge is 0.313 e. The molecule has 2 aliphatic rings. The molecule has 0 amide bonds. The number of aliphatic hydroxyl groups excluding tert-OH is 4. The fourth-order valence-electron chi connectivity index (χ4n) is 5.76. The van der Waals surface area contributed by atoms with Crippen molar-refractivity contribution in [2.45, 2.75) is 49.1 Å². The molecule has 11 N–H and O–H groups in total. The zero-order chi connectivity index (χ0) is 39.1. The lowest BCUT2D eigenvalue weighted by Crippen LogP contribution is -2.46. The van der Waals surface area contributed by atoms with Gasteiger partial charge in [0.25, 0.3) is 38.7 Å². The number of phosphoric acid groups is 2. The third-order valence-corrected chi connectivity index (χ3v) is 10.2. The number of nitrogens with two attached hydrogens (primary N) is 2. The molecule has 0 aromatic carbocycles. The molecular formula is C25H36N10O17P2. The van der Waals surface area contributed by atoms with Crippen LogP contribution < -0.4 is 41.5 Å². The summed E-state index contributed by atoms with van der Waals surface area (Å²) in [6.07, 6.45) is -9.08. The maximum absolute atomic E-state index is 12.3. The van der Waals surface area contributed by atoms with Crippen molar-refractivity contribution in [2.75, 3.05) is 51.1 Å². The van der Waals surface area contributed by atoms with E-state index >= 15 is 0 Å². The molecule has 0 saturated carbocycles. The summed E-state index contributed by atoms with van der Waals surface area (Å²) in [6, 6.07) is 0. The Balaban J connectivity index is 0.891. The summed E-state index contributed by atoms with van der Waals surface area (Å²) in [6.45, 7) is -3.38. The largest absolute Gasteiger partial charge is 0.756 e. The lowest BCUT2D eigenvalue weighted by molar-refractivity contribution is -0.746. The first-order valence-corrected chi connectivity index (χ1v) is 18.7. The van der Waals surface area contributed by atoms with Gasteiger partial charge in [0.1, 0.15) is 36.6 Å². The molecule has 6 rings (SSSR count). The summed E-state index contributed by atoms with van der Waals surface area (Å²) in [5.74, 6) is -0.430. The number of ether oxygens (including phenoxy) is 3. The van der Waals surface area contributed by atoms with Crippen LogP contribution >= 0.6 is 15.6 Å². The zero-order valence-corrected chi connectivity index (χ0v) is 29.7. The number of fused-ring (bicyclic) bond motifs is 2. The third-order valence-electron chi connectivity index (χ3n) is 8.27. The Kier molecular flexibility index (Phi) is 11.7. The van der Waals surface area contributed by atoms with E-state index in [1.54, 1.807) is 0 Å². The molecule has 4 unspecified atom stereocenters. The van der Waals surface area contributed by atoms with Crippen LogP contribution in [0.1, 0.15) is 12.5 Å². The van der Waals surface area contributed by atoms with Gasteiger partial charge in [0.15, 0.2) is 12.7 Å². The van der Waals surface area contributed by atoms with Gasteiger partial charge >= 0.3 is 11.3 Å². The van der Waals surface area contributed by atoms with Crippen LogP contribution in [0.5, 0.6) is 0 Å². The lowest BCUT2D eigenvalue weighted by atomic mass is 10.1. The number of imidazole rings is 2. The number of aromatic amines is 3. The van der Waals surface area contributed by atoms with Crippen LogP contribution in [0.4, 0.5) is 11.9 Å². The minimum Gasteiger partial charge on any atom is -0.756 e. The summed E-state index contributed by atoms with van der Waals surface area (Å²) in [5.41, 5.74) is 10.2. The number of hydrogen-bond donors (Lipinski definition) is 9. The highest BCUT2D eigenvalue weighted by Crippen LogP contribution is 2.41. The van der Waals surface area contributed by atoms with Crippen LogP contribution in [-0.2, 0) is 48.5 Å². The number of anilines is 2. The maximum Gasteiger partial charge on any atom is 0.313 e. The highest BCUT2D eigenvalue weighted by atomic mass is 31.2. The number of rotatable bonds is 16. The van der Waals surface area contributed by atoms with E-state index in [2.05, 4.69) is 29.4 Å². The molecule has 0 radical (unpaired) electrons. The van der Waals surface area contributed by atoms with Crippen LogP contribution in [0.25, 0.3) is 22.3 Å². The van der Waals surface area contributed by atoms with Crippen LogP contribution in [0.3, 0.4) is 0 Å². The van der Waals surface area contributed by atoms with Gasteiger partial charge in [-0.3, -0.25) is 38.2 Å². The van der Waals surface area contributed by atoms with Gasteiger partial charge in [0, 0.05) is 0 Å². The maximum atomic E-state index is 12.3. The number of phosphoric ester groups is 2. The fraction of sp³-hybridized carbons (Fsp3) is 0.600. The molecule has 10 atom stereocenters. The standard InChI is InChI=1S/C25H36N10O17P2/c1-33-9-35(19-13(33)21(41)32-25(27)30-19)23-17(39)15(37)11(52-23)7-50-54(44,45)48-5-3-46-2-4-47-53(42,43)49-6-10-14(36)16(38)22(51-10)34-8-28-12-18(34)29-24(26)31-20(12)40/h8-11,14-17,22-23,36-39H,2-7H2,1H3,(H7-,26,27,29,30,31,32,40,41,42,43,44,45)/t10?,11-,14-,15-,16-,17-,22-,23?/m1/s1. The van der Waals surface area contributed by atoms with Gasteiger partial charge in [-0.15, -0.1) is 0 Å². The SMILES string of the molecule is Cn1c[n+](C2O[C@H](COP(=O)([O-])OCCOCCOP(=O)([O-])OCC3O[C@@H]([n+]4c[nH]c5c(=O)[nH]c(N)nc54)[C@H](O)[C@@H]3O)[C@@H](O)[C@H]2O)c2nc(N)[nH]c(=O)c21. The third kappa shape index (κ3) is 8.40. The molecule has 4 aromatic rings. The van der Waals surface area contributed by atoms with Crippen molar-refractivity contribution in [2.24, 2.45) is 7.05 Å². The highest BCUT2D eigenvalue weighted by molar-refractivity contribution is 7.46. The lowest BCUT2D eigenvalue weighted by Gasteiger charge is -2.25. The predicted octanol–water partition coefficient (Wildman–Crippen LogP) is -6.48. The highest BCUT2D eigenvalue weighted by Gasteiger charge is 2.48. The first-order chi connectivity index (χ1) is 25.5. The molecule has 298 valence electrons. The van der Waals surface area contributed by atoms with Gasteiger partial charge in [-0.1, -0.05) is 9.97 Å². The van der Waals surface area contributed by atoms with Crippen LogP contribution in [-0.4, -0.2) is 126 Å². The van der Waals surface area contributed by atoms with Gasteiger partial charge in [0.2, 0.25) is 23.5 Å². The van der Waals surface area contributed by atoms with E-state index in [0.717, 1.165) is 0 Å². The van der Waals surface area contributed by atoms with Crippen molar-refractivity contribution < 1.29 is 80.8 Å². The number of aryl methyl sites for hydroxylation is 1. The molecule has 2 aliphatic heterocycles. The van der Waals surface area contributed by atoms with E-state index in [9.17, 15) is 48.9 Å². The topological polar surface area (TPSA) is 398 Å². The number of H-pyrrole nitrogens is 3. The second-order valence-corrected chi connectivity index (χ2v) is 14.8. The van der Waals surface area contributed by atoms with Gasteiger partial charge in [-0.25, -0.2) is 9.13 Å². The Bertz CT molecular complexity index is 2200. The van der Waals surface area contributed by atoms with Crippen molar-refractivity contribution in [3.8, 4) is 0 Å². The molecule has 2 fully saturated rings. The van der Waals surface area contributed by atoms with Crippen LogP contribution in [0, 0.1) is 0 Å². The minimum atomic E-state index is -4.99. The number of hydrogen-bond acceptors (Lipinski definition) is 21. The second-order valence-electron chi connectivity index (χ2n) is 11.9. The second kappa shape index (κ2) is 15.8. The monoisotopic (exact) mass is 810 g/mol. The summed E-state index contributed by atoms with van der Waals surface area (Å²) in [4.78, 5) is 64.2. The summed E-state index contributed by atoms with van der Waals surface area (Å²) in [5, 5.41) is 42.0. The molecule has 27 nitrogen and oxygen atoms in total. The Labute approximate surface area is 300 Å². The first-order valence-electron chi connectivity index (χ1n) is 15.8. The molecule has 0 aliphatic carbocycles. The predicted molar refractivity (Wildman–Crippen MR) is 169 cm³/mol. The van der Waals surface area contributed by atoms with Crippen molar-refractivity contribution in [3.63, 3.8) is 0 Å². The van der Waals surface area contributed by atoms with E-state index < -0.39 is 102 Å². The number of nitrogens with one attached hydrogen (secondary N) is 3. The van der Waals surface area contributed by atoms with E-state index in [1.165, 1.54) is 33.4 Å². The van der Waals surface area contributed by atoms with Crippen molar-refractivity contribution >= 4 is 49.9 Å². The summed E-state index contributed by atoms with van der Waals surface area (Å²) >= 11 is 0. The van der Waals surface area contributed by atoms with Crippen molar-refractivity contribution in [1.82, 2.24) is 29.5 Å². The average molecular weight is 811 g/mol. The molecule has 2 saturated heterocycles. The molecule has 4 aromatic heterocycles. The number of nitrogen functional groups attached to an aromatic ring is 2. The Morgan fingerprint density at radius 3 is 1.85 bits per heavy atom. The van der Waals surface area contributed by atoms with Crippen molar-refractivity contribution in [3.05, 3.63) is 33.4 Å². The number of nitrogens with zero attached hydrogens (tertiary/aromatic N) is 5. The Hall–Kier alpha value is -3.76. The number of aliphatic hydroxyl groups is 4. The fourth-order valence-corrected chi connectivity index (χ4v) is 7.16. The van der Waals surface area contributed by atoms with Crippen LogP contribution in [0.15, 0.2) is 22.2 Å². The Morgan fingerprint density at radius 1 is 0.796 bits per heavy atom. The van der Waals surface area contributed by atoms with Gasteiger partial charge in [-0.05, 0) is 0 Å². The van der Waals surface area contributed by atoms with E-state index in [4.69, 9.17) is 39.2 Å². The van der Waals surface area contributed by atoms with Crippen molar-refractivity contribution in [1.29, 1.82) is 0 Å². The average Bonchev–Trinajstić information content (AvgIpc) is 3.82. The molecule has 0 bridgehead atoms. The van der Waals surface area contributed by atoms with Gasteiger partial charge < -0.3 is 74.0 Å². The zero-order valence-electron chi connectivity index (χ0n) is 27.9. The molecule has 54 heavy (non-hydrogen) atoms. The molecule has 0 spiro atoms. The molecular weight excluding hydrogens is 774 g/mol. The molecule has 6 heterocycles. The van der Waals surface area contributed by atoms with E-state index in [0.29, 0.717) is 0 Å². The van der Waals surface area contributed by atoms with Gasteiger partial charge in [0.05, 0.1) is 46.7 Å². The normalized spacial score (nSPS) is 28.2. The van der Waals surface area contributed by atoms with E-state index in [1.807, 2.05) is 0 Å². The van der Waals surface area contributed by atoms with Crippen LogP contribution in [0.2, 0.25) is 0 Å². The number of aromatic nitrogens is 8. The first kappa shape index (κ1) is 39.9. The minimum absolute atomic E-state index is 0.00107. The molecule has 29 heteroatoms. The van der Waals surface area contributed by atoms with E-state index in [-0.39, 0.29) is 47.4 Å². The quantitative estimate of drug-likeness (QED) is 0.0288. The summed E-state index contributed by atoms with van der Waals surface area (Å²) < 4.78 is 63.6. The summed E-state index contributed by atoms with van der Waals surface area (Å²) in [7, 11) is -8.45. The Morgan fingerprint density at radius 2 is 1.30 bits per heavy atom.